The molecule has 0 spiro atoms. The van der Waals surface area contributed by atoms with Crippen molar-refractivity contribution in [2.24, 2.45) is 29.6 Å². The lowest BCUT2D eigenvalue weighted by molar-refractivity contribution is -0.246. The van der Waals surface area contributed by atoms with Crippen LogP contribution in [0.3, 0.4) is 0 Å². The van der Waals surface area contributed by atoms with Gasteiger partial charge in [-0.05, 0) is 108 Å². The Morgan fingerprint density at radius 2 is 1.54 bits per heavy atom. The molecule has 3 aliphatic heterocycles. The van der Waals surface area contributed by atoms with E-state index in [1.807, 2.05) is 32.9 Å². The first-order valence-corrected chi connectivity index (χ1v) is 24.0. The average Bonchev–Trinajstić information content (AvgIpc) is 3.27. The molecule has 0 radical (unpaired) electrons. The van der Waals surface area contributed by atoms with Gasteiger partial charge in [-0.1, -0.05) is 63.8 Å². The number of allylic oxidation sites excluding steroid dienone is 4. The monoisotopic (exact) mass is 885 g/mol. The number of nitrogens with zero attached hydrogens (tertiary/aromatic N) is 1. The number of amides is 1. The third kappa shape index (κ3) is 12.6. The molecule has 5 rings (SSSR count). The van der Waals surface area contributed by atoms with Gasteiger partial charge in [0, 0.05) is 58.1 Å². The Labute approximate surface area is 377 Å². The quantitative estimate of drug-likeness (QED) is 0.130. The van der Waals surface area contributed by atoms with Gasteiger partial charge in [0.2, 0.25) is 0 Å². The molecule has 13 nitrogen and oxygen atoms in total. The molecular weight excluding hydrogens is 805 g/mol. The number of ketones is 2. The summed E-state index contributed by atoms with van der Waals surface area (Å²) < 4.78 is 31.4. The second-order valence-corrected chi connectivity index (χ2v) is 19.8. The fourth-order valence-corrected chi connectivity index (χ4v) is 11.2. The van der Waals surface area contributed by atoms with Crippen molar-refractivity contribution in [2.45, 2.75) is 198 Å². The summed E-state index contributed by atoms with van der Waals surface area (Å²) in [4.78, 5) is 60.4. The van der Waals surface area contributed by atoms with Crippen LogP contribution in [0.4, 0.5) is 0 Å². The first-order valence-electron chi connectivity index (χ1n) is 24.0. The van der Waals surface area contributed by atoms with Gasteiger partial charge in [0.1, 0.15) is 24.0 Å². The van der Waals surface area contributed by atoms with Crippen LogP contribution in [0.1, 0.15) is 137 Å². The van der Waals surface area contributed by atoms with Crippen LogP contribution >= 0.6 is 0 Å². The van der Waals surface area contributed by atoms with Crippen molar-refractivity contribution in [1.82, 2.24) is 10.2 Å². The first-order chi connectivity index (χ1) is 30.1. The molecule has 14 atom stereocenters. The molecule has 2 saturated heterocycles. The predicted molar refractivity (Wildman–Crippen MR) is 240 cm³/mol. The highest BCUT2D eigenvalue weighted by Gasteiger charge is 2.58. The molecule has 2 aliphatic carbocycles. The summed E-state index contributed by atoms with van der Waals surface area (Å²) in [6, 6.07) is -1.11. The molecule has 3 N–H and O–H groups in total. The molecule has 356 valence electrons. The Morgan fingerprint density at radius 3 is 2.21 bits per heavy atom. The number of rotatable bonds is 9. The summed E-state index contributed by atoms with van der Waals surface area (Å²) in [5.41, 5.74) is 0.00226. The van der Waals surface area contributed by atoms with Crippen molar-refractivity contribution in [3.05, 3.63) is 36.0 Å². The number of hydrogen-bond donors (Lipinski definition) is 3. The largest absolute Gasteiger partial charge is 0.456 e. The number of hydrogen-bond acceptors (Lipinski definition) is 12. The normalized spacial score (nSPS) is 40.0. The minimum Gasteiger partial charge on any atom is -0.456 e. The highest BCUT2D eigenvalue weighted by Crippen LogP contribution is 2.41. The lowest BCUT2D eigenvalue weighted by Gasteiger charge is -2.51. The summed E-state index contributed by atoms with van der Waals surface area (Å²) in [6.45, 7) is 13.8. The van der Waals surface area contributed by atoms with Gasteiger partial charge >= 0.3 is 5.97 Å². The molecular formula is C50H80N2O11. The second-order valence-electron chi connectivity index (χ2n) is 19.8. The van der Waals surface area contributed by atoms with Crippen LogP contribution in [-0.2, 0) is 42.9 Å². The maximum Gasteiger partial charge on any atom is 0.329 e. The molecule has 63 heavy (non-hydrogen) atoms. The summed E-state index contributed by atoms with van der Waals surface area (Å²) in [5, 5.41) is 26.0. The minimum absolute atomic E-state index is 0.00981. The zero-order valence-corrected chi connectivity index (χ0v) is 39.6. The van der Waals surface area contributed by atoms with E-state index in [1.54, 1.807) is 34.3 Å². The van der Waals surface area contributed by atoms with E-state index in [4.69, 9.17) is 23.7 Å². The smallest absolute Gasteiger partial charge is 0.329 e. The van der Waals surface area contributed by atoms with Crippen LogP contribution < -0.4 is 5.32 Å². The highest BCUT2D eigenvalue weighted by molar-refractivity contribution is 6.39. The van der Waals surface area contributed by atoms with E-state index in [9.17, 15) is 24.6 Å². The van der Waals surface area contributed by atoms with Gasteiger partial charge in [0.25, 0.3) is 11.7 Å². The number of fused-ring (bicyclic) bond motifs is 3. The van der Waals surface area contributed by atoms with Crippen molar-refractivity contribution in [3.63, 3.8) is 0 Å². The van der Waals surface area contributed by atoms with E-state index in [-0.39, 0.29) is 42.7 Å². The minimum atomic E-state index is -1.70. The molecule has 13 heteroatoms. The summed E-state index contributed by atoms with van der Waals surface area (Å²) >= 11 is 0. The zero-order valence-electron chi connectivity index (χ0n) is 39.6. The number of Topliss-reactive ketones (excluding diaryl/α,β-unsaturated/α-hetero) is 2. The van der Waals surface area contributed by atoms with E-state index in [1.165, 1.54) is 4.90 Å². The third-order valence-corrected chi connectivity index (χ3v) is 14.9. The van der Waals surface area contributed by atoms with E-state index >= 15 is 4.79 Å². The molecule has 1 amide bonds. The topological polar surface area (TPSA) is 170 Å². The van der Waals surface area contributed by atoms with Gasteiger partial charge in [-0.3, -0.25) is 19.7 Å². The molecule has 0 unspecified atom stereocenters. The Hall–Kier alpha value is -2.78. The summed E-state index contributed by atoms with van der Waals surface area (Å²) in [7, 11) is 4.85. The standard InChI is InChI=1S/C50H80N2O11/c1-10-16-36-24-30(2)23-31(3)25-43(60-8)46-44(61-9)27-33(5)50(63-46,51-37-17-12-11-13-18-37)47(56)48(57)52-22-15-14-19-38(52)49(58)62-45(34(6)40(54)29-41(36)55)32(4)26-35-20-21-39(53)42(28-35)59-7/h10,24,26,31,33-40,42-46,51,53-54H,1,11-23,25,27-29H2,2-9H3/b30-24+,32-26+/t31-,33+,34+,35-,36+,38-,39+,40-,42+,43-,44-,45+,46+,50+/m0/s1. The molecule has 0 aromatic rings. The zero-order chi connectivity index (χ0) is 46.0. The van der Waals surface area contributed by atoms with Crippen molar-refractivity contribution in [2.75, 3.05) is 27.9 Å². The number of carbonyl (C=O) groups excluding carboxylic acids is 4. The molecule has 2 bridgehead atoms. The Kier molecular flexibility index (Phi) is 19.2. The van der Waals surface area contributed by atoms with Crippen LogP contribution in [0.5, 0.6) is 0 Å². The fourth-order valence-electron chi connectivity index (χ4n) is 11.2. The van der Waals surface area contributed by atoms with Crippen molar-refractivity contribution in [1.29, 1.82) is 0 Å². The van der Waals surface area contributed by atoms with Gasteiger partial charge in [-0.15, -0.1) is 6.58 Å². The van der Waals surface area contributed by atoms with Crippen LogP contribution in [-0.4, -0.2) is 127 Å². The number of nitrogens with one attached hydrogen (secondary N) is 1. The van der Waals surface area contributed by atoms with Crippen molar-refractivity contribution < 1.29 is 53.1 Å². The Morgan fingerprint density at radius 1 is 0.873 bits per heavy atom. The van der Waals surface area contributed by atoms with Gasteiger partial charge in [-0.25, -0.2) is 4.79 Å². The van der Waals surface area contributed by atoms with Gasteiger partial charge in [-0.2, -0.15) is 0 Å². The van der Waals surface area contributed by atoms with Gasteiger partial charge in [0.15, 0.2) is 5.72 Å². The van der Waals surface area contributed by atoms with Crippen molar-refractivity contribution >= 4 is 23.4 Å². The number of ether oxygens (including phenoxy) is 5. The van der Waals surface area contributed by atoms with Crippen LogP contribution in [0.2, 0.25) is 0 Å². The molecule has 4 fully saturated rings. The predicted octanol–water partition coefficient (Wildman–Crippen LogP) is 6.57. The number of cyclic esters (lactones) is 1. The van der Waals surface area contributed by atoms with Crippen LogP contribution in [0.15, 0.2) is 36.0 Å². The van der Waals surface area contributed by atoms with E-state index in [0.717, 1.165) is 37.7 Å². The van der Waals surface area contributed by atoms with E-state index < -0.39 is 83.8 Å². The molecule has 0 aromatic heterocycles. The number of piperidine rings is 1. The van der Waals surface area contributed by atoms with E-state index in [2.05, 4.69) is 18.8 Å². The van der Waals surface area contributed by atoms with Crippen molar-refractivity contribution in [3.8, 4) is 0 Å². The first kappa shape index (κ1) is 51.2. The van der Waals surface area contributed by atoms with Crippen LogP contribution in [0.25, 0.3) is 0 Å². The van der Waals surface area contributed by atoms with E-state index in [0.29, 0.717) is 69.8 Å². The number of esters is 1. The van der Waals surface area contributed by atoms with Crippen LogP contribution in [0, 0.1) is 29.6 Å². The molecule has 5 aliphatic rings. The maximum absolute atomic E-state index is 15.3. The molecule has 0 aromatic carbocycles. The molecule has 2 saturated carbocycles. The summed E-state index contributed by atoms with van der Waals surface area (Å²) in [6.07, 6.45) is 11.1. The fraction of sp³-hybridized carbons (Fsp3) is 0.800. The summed E-state index contributed by atoms with van der Waals surface area (Å²) in [5.74, 6) is -3.95. The third-order valence-electron chi connectivity index (χ3n) is 14.9. The van der Waals surface area contributed by atoms with Gasteiger partial charge in [0.05, 0.1) is 30.5 Å². The second kappa shape index (κ2) is 23.6. The Bertz CT molecular complexity index is 1630. The number of carbonyl (C=O) groups is 4. The molecule has 3 heterocycles. The number of aliphatic hydroxyl groups is 2. The highest BCUT2D eigenvalue weighted by atomic mass is 16.6. The maximum atomic E-state index is 15.3. The number of aliphatic hydroxyl groups excluding tert-OH is 2. The Balaban J connectivity index is 1.59. The lowest BCUT2D eigenvalue weighted by atomic mass is 9.79. The number of methoxy groups -OCH3 is 3. The lowest BCUT2D eigenvalue weighted by Crippen LogP contribution is -2.71. The SMILES string of the molecule is C=CC[C@@H]1/C=C(\C)C[C@H](C)C[C@H](OC)[C@H]2O[C@@](NC3CCCCC3)(C(=O)C(=O)N3CCCC[C@H]3C(=O)O[C@H](/C(C)=C/[C@@H]3CC[C@@H](O)[C@H](OC)C3)[C@H](C)[C@@H](O)CC1=O)[C@H](C)C[C@@H]2OC. The average molecular weight is 885 g/mol. The van der Waals surface area contributed by atoms with Gasteiger partial charge < -0.3 is 38.8 Å².